The molecule has 16 heavy (non-hydrogen) atoms. The van der Waals surface area contributed by atoms with Crippen molar-refractivity contribution in [2.45, 2.75) is 13.0 Å². The van der Waals surface area contributed by atoms with Crippen LogP contribution in [0, 0.1) is 5.53 Å². The van der Waals surface area contributed by atoms with Crippen LogP contribution in [0.4, 0.5) is 0 Å². The molecule has 0 bridgehead atoms. The van der Waals surface area contributed by atoms with Crippen molar-refractivity contribution in [3.8, 4) is 5.75 Å². The zero-order valence-corrected chi connectivity index (χ0v) is 8.69. The van der Waals surface area contributed by atoms with Gasteiger partial charge in [0.2, 0.25) is 0 Å². The second kappa shape index (κ2) is 3.77. The standard InChI is InChI=1S/C11H11N3O2/c1-6(14-12)9-10(15)7-4-2-3-5-8(7)13-11(9)16/h2-6,12H,1H3,(H2,13,15,16). The number of H-pyrrole nitrogens is 1. The lowest BCUT2D eigenvalue weighted by Crippen LogP contribution is -2.14. The summed E-state index contributed by atoms with van der Waals surface area (Å²) in [5.41, 5.74) is 7.21. The van der Waals surface area contributed by atoms with Gasteiger partial charge in [0, 0.05) is 5.39 Å². The highest BCUT2D eigenvalue weighted by molar-refractivity contribution is 5.85. The minimum atomic E-state index is -0.645. The number of benzene rings is 1. The smallest absolute Gasteiger partial charge is 0.257 e. The van der Waals surface area contributed by atoms with E-state index >= 15 is 0 Å². The fourth-order valence-corrected chi connectivity index (χ4v) is 1.69. The second-order valence-corrected chi connectivity index (χ2v) is 3.57. The maximum Gasteiger partial charge on any atom is 0.257 e. The third-order valence-corrected chi connectivity index (χ3v) is 2.54. The van der Waals surface area contributed by atoms with Gasteiger partial charge >= 0.3 is 0 Å². The van der Waals surface area contributed by atoms with Crippen LogP contribution in [0.25, 0.3) is 10.9 Å². The van der Waals surface area contributed by atoms with Crippen molar-refractivity contribution >= 4 is 10.9 Å². The molecule has 2 aromatic rings. The Morgan fingerprint density at radius 1 is 1.44 bits per heavy atom. The van der Waals surface area contributed by atoms with Gasteiger partial charge in [-0.25, -0.2) is 5.53 Å². The lowest BCUT2D eigenvalue weighted by molar-refractivity contribution is 0.466. The van der Waals surface area contributed by atoms with Crippen LogP contribution in [0.1, 0.15) is 18.5 Å². The molecule has 0 saturated carbocycles. The highest BCUT2D eigenvalue weighted by atomic mass is 16.3. The van der Waals surface area contributed by atoms with Gasteiger partial charge in [-0.3, -0.25) is 4.79 Å². The number of para-hydroxylation sites is 1. The quantitative estimate of drug-likeness (QED) is 0.674. The van der Waals surface area contributed by atoms with Gasteiger partial charge < -0.3 is 10.1 Å². The second-order valence-electron chi connectivity index (χ2n) is 3.57. The van der Waals surface area contributed by atoms with E-state index < -0.39 is 11.6 Å². The van der Waals surface area contributed by atoms with Crippen molar-refractivity contribution in [1.29, 1.82) is 5.53 Å². The molecule has 5 nitrogen and oxygen atoms in total. The number of hydrogen-bond acceptors (Lipinski definition) is 4. The van der Waals surface area contributed by atoms with Gasteiger partial charge in [0.25, 0.3) is 5.56 Å². The first-order chi connectivity index (χ1) is 7.65. The van der Waals surface area contributed by atoms with Crippen molar-refractivity contribution in [3.63, 3.8) is 0 Å². The van der Waals surface area contributed by atoms with E-state index in [0.717, 1.165) is 0 Å². The van der Waals surface area contributed by atoms with Gasteiger partial charge in [0.15, 0.2) is 0 Å². The molecule has 3 N–H and O–H groups in total. The molecule has 2 rings (SSSR count). The molecule has 1 aromatic carbocycles. The van der Waals surface area contributed by atoms with E-state index in [1.165, 1.54) is 0 Å². The maximum absolute atomic E-state index is 11.7. The summed E-state index contributed by atoms with van der Waals surface area (Å²) < 4.78 is 0. The molecule has 1 heterocycles. The van der Waals surface area contributed by atoms with Crippen LogP contribution >= 0.6 is 0 Å². The Balaban J connectivity index is 2.86. The van der Waals surface area contributed by atoms with Crippen LogP contribution in [0.3, 0.4) is 0 Å². The van der Waals surface area contributed by atoms with Crippen LogP contribution in [-0.2, 0) is 0 Å². The van der Waals surface area contributed by atoms with Crippen LogP contribution in [0.2, 0.25) is 0 Å². The lowest BCUT2D eigenvalue weighted by atomic mass is 10.1. The molecule has 0 aliphatic rings. The molecule has 82 valence electrons. The van der Waals surface area contributed by atoms with Gasteiger partial charge in [-0.2, -0.15) is 5.11 Å². The number of nitrogens with one attached hydrogen (secondary N) is 2. The molecule has 0 radical (unpaired) electrons. The minimum absolute atomic E-state index is 0.0946. The highest BCUT2D eigenvalue weighted by Crippen LogP contribution is 2.29. The lowest BCUT2D eigenvalue weighted by Gasteiger charge is -2.08. The van der Waals surface area contributed by atoms with Crippen LogP contribution in [0.5, 0.6) is 5.75 Å². The predicted molar refractivity (Wildman–Crippen MR) is 59.8 cm³/mol. The average molecular weight is 217 g/mol. The molecule has 0 aliphatic carbocycles. The molecule has 0 saturated heterocycles. The number of aromatic hydroxyl groups is 1. The van der Waals surface area contributed by atoms with E-state index in [2.05, 4.69) is 10.1 Å². The highest BCUT2D eigenvalue weighted by Gasteiger charge is 2.16. The van der Waals surface area contributed by atoms with Crippen LogP contribution in [-0.4, -0.2) is 10.1 Å². The zero-order chi connectivity index (χ0) is 11.7. The third kappa shape index (κ3) is 1.46. The number of fused-ring (bicyclic) bond motifs is 1. The summed E-state index contributed by atoms with van der Waals surface area (Å²) in [6, 6.07) is 6.32. The first-order valence-electron chi connectivity index (χ1n) is 4.85. The molecular formula is C11H11N3O2. The number of rotatable bonds is 2. The Morgan fingerprint density at radius 2 is 2.12 bits per heavy atom. The van der Waals surface area contributed by atoms with Gasteiger partial charge in [0.05, 0.1) is 11.1 Å². The fourth-order valence-electron chi connectivity index (χ4n) is 1.69. The first kappa shape index (κ1) is 10.4. The molecule has 0 fully saturated rings. The van der Waals surface area contributed by atoms with Gasteiger partial charge in [-0.05, 0) is 19.1 Å². The summed E-state index contributed by atoms with van der Waals surface area (Å²) >= 11 is 0. The zero-order valence-electron chi connectivity index (χ0n) is 8.69. The van der Waals surface area contributed by atoms with Gasteiger partial charge in [0.1, 0.15) is 11.8 Å². The topological polar surface area (TPSA) is 89.3 Å². The summed E-state index contributed by atoms with van der Waals surface area (Å²) in [6.07, 6.45) is 0. The normalized spacial score (nSPS) is 12.6. The van der Waals surface area contributed by atoms with Gasteiger partial charge in [-0.15, -0.1) is 0 Å². The molecule has 1 unspecified atom stereocenters. The number of aromatic amines is 1. The monoisotopic (exact) mass is 217 g/mol. The molecule has 1 aromatic heterocycles. The Morgan fingerprint density at radius 3 is 2.81 bits per heavy atom. The Kier molecular flexibility index (Phi) is 2.44. The van der Waals surface area contributed by atoms with Crippen molar-refractivity contribution in [2.75, 3.05) is 0 Å². The Labute approximate surface area is 91.3 Å². The van der Waals surface area contributed by atoms with E-state index in [4.69, 9.17) is 5.53 Å². The SMILES string of the molecule is CC(N=N)c1c(O)c2ccccc2[nH]c1=O. The number of pyridine rings is 1. The maximum atomic E-state index is 11.7. The summed E-state index contributed by atoms with van der Waals surface area (Å²) in [5.74, 6) is -0.0946. The Bertz CT molecular complexity index is 604. The largest absolute Gasteiger partial charge is 0.507 e. The molecule has 5 heteroatoms. The molecule has 0 amide bonds. The number of hydrogen-bond donors (Lipinski definition) is 3. The van der Waals surface area contributed by atoms with Crippen molar-refractivity contribution in [1.82, 2.24) is 4.98 Å². The fraction of sp³-hybridized carbons (Fsp3) is 0.182. The summed E-state index contributed by atoms with van der Waals surface area (Å²) in [5, 5.41) is 13.8. The van der Waals surface area contributed by atoms with Crippen molar-refractivity contribution in [3.05, 3.63) is 40.2 Å². The van der Waals surface area contributed by atoms with E-state index in [-0.39, 0.29) is 11.3 Å². The average Bonchev–Trinajstić information content (AvgIpc) is 2.28. The van der Waals surface area contributed by atoms with Crippen molar-refractivity contribution in [2.24, 2.45) is 5.11 Å². The Hall–Kier alpha value is -2.17. The van der Waals surface area contributed by atoms with E-state index in [0.29, 0.717) is 10.9 Å². The molecule has 0 spiro atoms. The molecule has 0 aliphatic heterocycles. The predicted octanol–water partition coefficient (Wildman–Crippen LogP) is 2.33. The van der Waals surface area contributed by atoms with E-state index in [1.54, 1.807) is 31.2 Å². The van der Waals surface area contributed by atoms with Gasteiger partial charge in [-0.1, -0.05) is 12.1 Å². The van der Waals surface area contributed by atoms with Crippen LogP contribution < -0.4 is 5.56 Å². The minimum Gasteiger partial charge on any atom is -0.507 e. The molecule has 1 atom stereocenters. The third-order valence-electron chi connectivity index (χ3n) is 2.54. The number of nitrogens with zero attached hydrogens (tertiary/aromatic N) is 1. The molecular weight excluding hydrogens is 206 g/mol. The number of aromatic nitrogens is 1. The van der Waals surface area contributed by atoms with Crippen molar-refractivity contribution < 1.29 is 5.11 Å². The van der Waals surface area contributed by atoms with E-state index in [1.807, 2.05) is 0 Å². The summed E-state index contributed by atoms with van der Waals surface area (Å²) in [7, 11) is 0. The summed E-state index contributed by atoms with van der Waals surface area (Å²) in [6.45, 7) is 1.59. The first-order valence-corrected chi connectivity index (χ1v) is 4.85. The van der Waals surface area contributed by atoms with Crippen LogP contribution in [0.15, 0.2) is 34.2 Å². The summed E-state index contributed by atoms with van der Waals surface area (Å²) in [4.78, 5) is 14.4. The van der Waals surface area contributed by atoms with E-state index in [9.17, 15) is 9.90 Å².